The van der Waals surface area contributed by atoms with Crippen LogP contribution in [0.1, 0.15) is 35.2 Å². The molecule has 0 radical (unpaired) electrons. The second-order valence-corrected chi connectivity index (χ2v) is 8.16. The van der Waals surface area contributed by atoms with E-state index in [0.29, 0.717) is 50.1 Å². The van der Waals surface area contributed by atoms with Gasteiger partial charge < -0.3 is 15.0 Å². The first-order valence-corrected chi connectivity index (χ1v) is 10.6. The Kier molecular flexibility index (Phi) is 5.93. The molecule has 2 aromatic carbocycles. The molecule has 0 aromatic heterocycles. The van der Waals surface area contributed by atoms with E-state index in [4.69, 9.17) is 4.74 Å². The molecule has 2 fully saturated rings. The monoisotopic (exact) mass is 421 g/mol. The van der Waals surface area contributed by atoms with Gasteiger partial charge in [-0.15, -0.1) is 0 Å². The number of ether oxygens (including phenoxy) is 1. The van der Waals surface area contributed by atoms with Gasteiger partial charge in [-0.2, -0.15) is 0 Å². The van der Waals surface area contributed by atoms with E-state index in [0.717, 1.165) is 5.56 Å². The molecule has 0 saturated carbocycles. The molecule has 2 aliphatic rings. The first-order valence-electron chi connectivity index (χ1n) is 10.6. The normalized spacial score (nSPS) is 21.5. The molecule has 7 heteroatoms. The Morgan fingerprint density at radius 3 is 2.32 bits per heavy atom. The molecule has 162 valence electrons. The van der Waals surface area contributed by atoms with Gasteiger partial charge in [0.05, 0.1) is 7.11 Å². The highest BCUT2D eigenvalue weighted by atomic mass is 16.5. The summed E-state index contributed by atoms with van der Waals surface area (Å²) in [6.45, 7) is 1.09. The third-order valence-corrected chi connectivity index (χ3v) is 6.44. The maximum atomic E-state index is 12.9. The minimum absolute atomic E-state index is 0.0254. The maximum absolute atomic E-state index is 12.9. The lowest BCUT2D eigenvalue weighted by Gasteiger charge is -2.40. The van der Waals surface area contributed by atoms with Gasteiger partial charge in [0.15, 0.2) is 0 Å². The topological polar surface area (TPSA) is 87.7 Å². The first kappa shape index (κ1) is 20.9. The molecule has 0 bridgehead atoms. The van der Waals surface area contributed by atoms with E-state index in [2.05, 4.69) is 10.6 Å². The van der Waals surface area contributed by atoms with E-state index in [1.807, 2.05) is 35.2 Å². The van der Waals surface area contributed by atoms with Crippen molar-refractivity contribution in [3.05, 3.63) is 65.7 Å². The highest BCUT2D eigenvalue weighted by molar-refractivity contribution is 6.07. The third kappa shape index (κ3) is 4.26. The summed E-state index contributed by atoms with van der Waals surface area (Å²) in [5.74, 6) is 0.397. The summed E-state index contributed by atoms with van der Waals surface area (Å²) in [4.78, 5) is 39.5. The quantitative estimate of drug-likeness (QED) is 0.702. The number of imide groups is 1. The number of carbonyl (C=O) groups excluding carboxylic acids is 3. The molecule has 2 saturated heterocycles. The molecular weight excluding hydrogens is 394 g/mol. The number of likely N-dealkylation sites (tertiary alicyclic amines) is 1. The molecule has 0 aliphatic carbocycles. The van der Waals surface area contributed by atoms with Crippen LogP contribution in [-0.2, 0) is 11.2 Å². The van der Waals surface area contributed by atoms with Crippen LogP contribution in [-0.4, -0.2) is 48.5 Å². The van der Waals surface area contributed by atoms with Crippen molar-refractivity contribution in [3.63, 3.8) is 0 Å². The summed E-state index contributed by atoms with van der Waals surface area (Å²) in [7, 11) is 1.59. The van der Waals surface area contributed by atoms with Crippen molar-refractivity contribution in [2.75, 3.05) is 20.2 Å². The zero-order valence-corrected chi connectivity index (χ0v) is 17.6. The number of hydrogen-bond donors (Lipinski definition) is 2. The fourth-order valence-corrected chi connectivity index (χ4v) is 4.65. The average Bonchev–Trinajstić information content (AvgIpc) is 3.12. The molecule has 31 heavy (non-hydrogen) atoms. The lowest BCUT2D eigenvalue weighted by molar-refractivity contribution is -0.126. The fraction of sp³-hybridized carbons (Fsp3) is 0.375. The molecule has 1 atom stereocenters. The van der Waals surface area contributed by atoms with Gasteiger partial charge in [-0.05, 0) is 61.4 Å². The van der Waals surface area contributed by atoms with Crippen LogP contribution in [0.4, 0.5) is 4.79 Å². The van der Waals surface area contributed by atoms with E-state index in [-0.39, 0.29) is 17.7 Å². The number of urea groups is 1. The Morgan fingerprint density at radius 1 is 1.06 bits per heavy atom. The summed E-state index contributed by atoms with van der Waals surface area (Å²) >= 11 is 0. The number of amides is 4. The Hall–Kier alpha value is -3.35. The number of nitrogens with zero attached hydrogens (tertiary/aromatic N) is 1. The third-order valence-electron chi connectivity index (χ3n) is 6.44. The summed E-state index contributed by atoms with van der Waals surface area (Å²) in [5.41, 5.74) is 0.815. The standard InChI is InChI=1S/C24H27N3O4/c1-31-20-9-7-18(8-10-20)21(28)27-15-12-19(13-16-27)24(22(29)25-23(30)26-24)14-11-17-5-3-2-4-6-17/h2-10,19H,11-16H2,1H3,(H2,25,26,29,30)/t24-/m0/s1. The van der Waals surface area contributed by atoms with Gasteiger partial charge in [-0.3, -0.25) is 14.9 Å². The summed E-state index contributed by atoms with van der Waals surface area (Å²) < 4.78 is 5.15. The Labute approximate surface area is 181 Å². The van der Waals surface area contributed by atoms with E-state index in [9.17, 15) is 14.4 Å². The molecule has 2 aliphatic heterocycles. The first-order chi connectivity index (χ1) is 15.0. The van der Waals surface area contributed by atoms with Gasteiger partial charge in [0.2, 0.25) is 0 Å². The zero-order valence-electron chi connectivity index (χ0n) is 17.6. The Morgan fingerprint density at radius 2 is 1.74 bits per heavy atom. The lowest BCUT2D eigenvalue weighted by Crippen LogP contribution is -2.56. The number of hydrogen-bond acceptors (Lipinski definition) is 4. The van der Waals surface area contributed by atoms with E-state index < -0.39 is 11.6 Å². The van der Waals surface area contributed by atoms with Gasteiger partial charge in [0.1, 0.15) is 11.3 Å². The van der Waals surface area contributed by atoms with Crippen molar-refractivity contribution in [2.45, 2.75) is 31.2 Å². The van der Waals surface area contributed by atoms with Gasteiger partial charge in [0, 0.05) is 18.7 Å². The van der Waals surface area contributed by atoms with E-state index in [1.54, 1.807) is 31.4 Å². The molecule has 0 spiro atoms. The molecule has 4 rings (SSSR count). The summed E-state index contributed by atoms with van der Waals surface area (Å²) in [5, 5.41) is 5.36. The van der Waals surface area contributed by atoms with Crippen molar-refractivity contribution >= 4 is 17.8 Å². The smallest absolute Gasteiger partial charge is 0.322 e. The number of methoxy groups -OCH3 is 1. The van der Waals surface area contributed by atoms with Crippen LogP contribution in [0.25, 0.3) is 0 Å². The van der Waals surface area contributed by atoms with Gasteiger partial charge in [-0.1, -0.05) is 30.3 Å². The van der Waals surface area contributed by atoms with Crippen LogP contribution < -0.4 is 15.4 Å². The van der Waals surface area contributed by atoms with Crippen molar-refractivity contribution in [3.8, 4) is 5.75 Å². The molecule has 2 heterocycles. The summed E-state index contributed by atoms with van der Waals surface area (Å²) in [6, 6.07) is 16.6. The van der Waals surface area contributed by atoms with Crippen LogP contribution in [0.2, 0.25) is 0 Å². The fourth-order valence-electron chi connectivity index (χ4n) is 4.65. The number of rotatable bonds is 6. The van der Waals surface area contributed by atoms with Crippen molar-refractivity contribution in [2.24, 2.45) is 5.92 Å². The Balaban J connectivity index is 1.44. The van der Waals surface area contributed by atoms with Crippen LogP contribution in [0.15, 0.2) is 54.6 Å². The minimum Gasteiger partial charge on any atom is -0.497 e. The number of carbonyl (C=O) groups is 3. The highest BCUT2D eigenvalue weighted by Gasteiger charge is 2.52. The predicted molar refractivity (Wildman–Crippen MR) is 116 cm³/mol. The molecule has 2 aromatic rings. The molecule has 4 amide bonds. The SMILES string of the molecule is COc1ccc(C(=O)N2CCC([C@]3(CCc4ccccc4)NC(=O)NC3=O)CC2)cc1. The van der Waals surface area contributed by atoms with Crippen molar-refractivity contribution in [1.82, 2.24) is 15.5 Å². The molecule has 7 nitrogen and oxygen atoms in total. The number of aryl methyl sites for hydroxylation is 1. The lowest BCUT2D eigenvalue weighted by atomic mass is 9.74. The minimum atomic E-state index is -0.928. The van der Waals surface area contributed by atoms with Crippen LogP contribution >= 0.6 is 0 Å². The van der Waals surface area contributed by atoms with Crippen molar-refractivity contribution in [1.29, 1.82) is 0 Å². The van der Waals surface area contributed by atoms with E-state index in [1.165, 1.54) is 0 Å². The largest absolute Gasteiger partial charge is 0.497 e. The van der Waals surface area contributed by atoms with Gasteiger partial charge in [0.25, 0.3) is 11.8 Å². The van der Waals surface area contributed by atoms with E-state index >= 15 is 0 Å². The van der Waals surface area contributed by atoms with Gasteiger partial charge in [-0.25, -0.2) is 4.79 Å². The second kappa shape index (κ2) is 8.79. The molecular formula is C24H27N3O4. The molecule has 0 unspecified atom stereocenters. The molecule has 2 N–H and O–H groups in total. The van der Waals surface area contributed by atoms with Gasteiger partial charge >= 0.3 is 6.03 Å². The average molecular weight is 421 g/mol. The zero-order chi connectivity index (χ0) is 21.8. The number of piperidine rings is 1. The summed E-state index contributed by atoms with van der Waals surface area (Å²) in [6.07, 6.45) is 2.54. The number of nitrogens with one attached hydrogen (secondary N) is 2. The Bertz CT molecular complexity index is 953. The predicted octanol–water partition coefficient (Wildman–Crippen LogP) is 2.76. The van der Waals surface area contributed by atoms with Crippen LogP contribution in [0.5, 0.6) is 5.75 Å². The van der Waals surface area contributed by atoms with Crippen molar-refractivity contribution < 1.29 is 19.1 Å². The maximum Gasteiger partial charge on any atom is 0.322 e. The second-order valence-electron chi connectivity index (χ2n) is 8.16. The van der Waals surface area contributed by atoms with Crippen LogP contribution in [0, 0.1) is 5.92 Å². The highest BCUT2D eigenvalue weighted by Crippen LogP contribution is 2.35. The van der Waals surface area contributed by atoms with Crippen LogP contribution in [0.3, 0.4) is 0 Å². The number of benzene rings is 2.